The molecule has 1 unspecified atom stereocenters. The number of carbonyl (C=O) groups excluding carboxylic acids is 1. The largest absolute Gasteiger partial charge is 0.375 e. The first kappa shape index (κ1) is 23.0. The average molecular weight is 376 g/mol. The minimum atomic E-state index is 0. The van der Waals surface area contributed by atoms with Crippen molar-refractivity contribution in [3.8, 4) is 0 Å². The second-order valence-corrected chi connectivity index (χ2v) is 6.23. The number of amides is 1. The number of unbranched alkanes of at least 4 members (excludes halogenated alkanes) is 1. The molecular formula is C18H31Cl2N3O. The van der Waals surface area contributed by atoms with Crippen LogP contribution in [0.1, 0.15) is 43.0 Å². The highest BCUT2D eigenvalue weighted by molar-refractivity contribution is 5.94. The summed E-state index contributed by atoms with van der Waals surface area (Å²) in [7, 11) is 2.10. The molecule has 24 heavy (non-hydrogen) atoms. The van der Waals surface area contributed by atoms with Gasteiger partial charge in [-0.2, -0.15) is 0 Å². The maximum Gasteiger partial charge on any atom is 0.251 e. The molecule has 2 rings (SSSR count). The molecule has 0 spiro atoms. The first-order valence-electron chi connectivity index (χ1n) is 8.51. The van der Waals surface area contributed by atoms with Crippen LogP contribution in [0.25, 0.3) is 0 Å². The lowest BCUT2D eigenvalue weighted by Gasteiger charge is -2.19. The standard InChI is InChI=1S/C18H29N3O.2ClH/c1-3-4-13-21(2)17-7-5-16(6-8-17)18(22)20-12-10-15-9-11-19-14-15;;/h5-8,15,19H,3-4,9-14H2,1-2H3,(H,20,22);2*1H. The van der Waals surface area contributed by atoms with Crippen LogP contribution in [0.15, 0.2) is 24.3 Å². The maximum atomic E-state index is 12.1. The van der Waals surface area contributed by atoms with Gasteiger partial charge in [0.05, 0.1) is 0 Å². The third-order valence-electron chi connectivity index (χ3n) is 4.42. The summed E-state index contributed by atoms with van der Waals surface area (Å²) in [5.74, 6) is 0.753. The summed E-state index contributed by atoms with van der Waals surface area (Å²) in [5, 5.41) is 6.38. The van der Waals surface area contributed by atoms with Crippen LogP contribution in [0, 0.1) is 5.92 Å². The molecule has 1 saturated heterocycles. The first-order valence-corrected chi connectivity index (χ1v) is 8.51. The molecule has 1 aromatic carbocycles. The SMILES string of the molecule is CCCCN(C)c1ccc(C(=O)NCCC2CCNC2)cc1.Cl.Cl. The molecule has 1 amide bonds. The van der Waals surface area contributed by atoms with Crippen LogP contribution < -0.4 is 15.5 Å². The van der Waals surface area contributed by atoms with Crippen molar-refractivity contribution in [1.29, 1.82) is 0 Å². The zero-order chi connectivity index (χ0) is 15.8. The van der Waals surface area contributed by atoms with Gasteiger partial charge in [0.25, 0.3) is 5.91 Å². The predicted molar refractivity (Wildman–Crippen MR) is 107 cm³/mol. The molecule has 1 aromatic rings. The van der Waals surface area contributed by atoms with Gasteiger partial charge in [-0.05, 0) is 62.5 Å². The van der Waals surface area contributed by atoms with Crippen molar-refractivity contribution in [3.05, 3.63) is 29.8 Å². The minimum Gasteiger partial charge on any atom is -0.375 e. The second kappa shape index (κ2) is 12.4. The van der Waals surface area contributed by atoms with Gasteiger partial charge in [0, 0.05) is 31.4 Å². The molecule has 1 atom stereocenters. The van der Waals surface area contributed by atoms with Gasteiger partial charge in [0.1, 0.15) is 0 Å². The van der Waals surface area contributed by atoms with Gasteiger partial charge in [0.2, 0.25) is 0 Å². The fourth-order valence-electron chi connectivity index (χ4n) is 2.84. The Morgan fingerprint density at radius 1 is 1.29 bits per heavy atom. The lowest BCUT2D eigenvalue weighted by atomic mass is 10.1. The molecule has 0 aromatic heterocycles. The second-order valence-electron chi connectivity index (χ2n) is 6.23. The number of hydrogen-bond donors (Lipinski definition) is 2. The van der Waals surface area contributed by atoms with E-state index >= 15 is 0 Å². The number of nitrogens with one attached hydrogen (secondary N) is 2. The van der Waals surface area contributed by atoms with Crippen molar-refractivity contribution < 1.29 is 4.79 Å². The molecule has 0 bridgehead atoms. The van der Waals surface area contributed by atoms with E-state index in [1.165, 1.54) is 24.9 Å². The number of rotatable bonds is 8. The third kappa shape index (κ3) is 7.29. The number of anilines is 1. The molecule has 1 aliphatic rings. The molecule has 1 heterocycles. The quantitative estimate of drug-likeness (QED) is 0.730. The van der Waals surface area contributed by atoms with Crippen LogP contribution in [-0.2, 0) is 0 Å². The molecule has 0 saturated carbocycles. The Bertz CT molecular complexity index is 462. The van der Waals surface area contributed by atoms with E-state index in [0.717, 1.165) is 44.1 Å². The van der Waals surface area contributed by atoms with Crippen molar-refractivity contribution in [1.82, 2.24) is 10.6 Å². The number of carbonyl (C=O) groups is 1. The van der Waals surface area contributed by atoms with E-state index in [1.807, 2.05) is 24.3 Å². The Morgan fingerprint density at radius 3 is 2.58 bits per heavy atom. The van der Waals surface area contributed by atoms with E-state index in [0.29, 0.717) is 0 Å². The molecule has 2 N–H and O–H groups in total. The van der Waals surface area contributed by atoms with Crippen LogP contribution >= 0.6 is 24.8 Å². The zero-order valence-corrected chi connectivity index (χ0v) is 16.3. The number of nitrogens with zero attached hydrogens (tertiary/aromatic N) is 1. The smallest absolute Gasteiger partial charge is 0.251 e. The minimum absolute atomic E-state index is 0. The Balaban J connectivity index is 0.00000264. The third-order valence-corrected chi connectivity index (χ3v) is 4.42. The lowest BCUT2D eigenvalue weighted by molar-refractivity contribution is 0.0951. The Hall–Kier alpha value is -0.970. The van der Waals surface area contributed by atoms with E-state index in [9.17, 15) is 4.79 Å². The summed E-state index contributed by atoms with van der Waals surface area (Å²) in [5.41, 5.74) is 1.92. The zero-order valence-electron chi connectivity index (χ0n) is 14.7. The topological polar surface area (TPSA) is 44.4 Å². The van der Waals surface area contributed by atoms with Crippen molar-refractivity contribution in [2.75, 3.05) is 38.1 Å². The number of hydrogen-bond acceptors (Lipinski definition) is 3. The van der Waals surface area contributed by atoms with E-state index in [-0.39, 0.29) is 30.7 Å². The van der Waals surface area contributed by atoms with Gasteiger partial charge in [-0.1, -0.05) is 13.3 Å². The maximum absolute atomic E-state index is 12.1. The molecule has 0 aliphatic carbocycles. The Morgan fingerprint density at radius 2 is 2.00 bits per heavy atom. The van der Waals surface area contributed by atoms with Crippen molar-refractivity contribution in [2.45, 2.75) is 32.6 Å². The van der Waals surface area contributed by atoms with E-state index in [1.54, 1.807) is 0 Å². The van der Waals surface area contributed by atoms with Crippen LogP contribution in [0.5, 0.6) is 0 Å². The van der Waals surface area contributed by atoms with Gasteiger partial charge in [-0.25, -0.2) is 0 Å². The highest BCUT2D eigenvalue weighted by atomic mass is 35.5. The van der Waals surface area contributed by atoms with Crippen molar-refractivity contribution >= 4 is 36.4 Å². The number of benzene rings is 1. The van der Waals surface area contributed by atoms with Crippen LogP contribution in [0.2, 0.25) is 0 Å². The molecule has 138 valence electrons. The molecular weight excluding hydrogens is 345 g/mol. The average Bonchev–Trinajstić information content (AvgIpc) is 3.06. The van der Waals surface area contributed by atoms with E-state index in [4.69, 9.17) is 0 Å². The number of halogens is 2. The monoisotopic (exact) mass is 375 g/mol. The van der Waals surface area contributed by atoms with Crippen molar-refractivity contribution in [3.63, 3.8) is 0 Å². The summed E-state index contributed by atoms with van der Waals surface area (Å²) < 4.78 is 0. The predicted octanol–water partition coefficient (Wildman–Crippen LogP) is 3.50. The van der Waals surface area contributed by atoms with Gasteiger partial charge in [-0.15, -0.1) is 24.8 Å². The summed E-state index contributed by atoms with van der Waals surface area (Å²) in [6, 6.07) is 7.91. The summed E-state index contributed by atoms with van der Waals surface area (Å²) in [4.78, 5) is 14.4. The van der Waals surface area contributed by atoms with Gasteiger partial charge < -0.3 is 15.5 Å². The molecule has 1 fully saturated rings. The van der Waals surface area contributed by atoms with Crippen molar-refractivity contribution in [2.24, 2.45) is 5.92 Å². The van der Waals surface area contributed by atoms with Gasteiger partial charge >= 0.3 is 0 Å². The first-order chi connectivity index (χ1) is 10.7. The lowest BCUT2D eigenvalue weighted by Crippen LogP contribution is -2.26. The fourth-order valence-corrected chi connectivity index (χ4v) is 2.84. The molecule has 1 aliphatic heterocycles. The van der Waals surface area contributed by atoms with Crippen LogP contribution in [0.3, 0.4) is 0 Å². The van der Waals surface area contributed by atoms with Crippen LogP contribution in [0.4, 0.5) is 5.69 Å². The normalized spacial score (nSPS) is 16.0. The van der Waals surface area contributed by atoms with Gasteiger partial charge in [-0.3, -0.25) is 4.79 Å². The molecule has 6 heteroatoms. The van der Waals surface area contributed by atoms with Gasteiger partial charge in [0.15, 0.2) is 0 Å². The van der Waals surface area contributed by atoms with E-state index in [2.05, 4.69) is 29.5 Å². The van der Waals surface area contributed by atoms with Crippen LogP contribution in [-0.4, -0.2) is 39.1 Å². The summed E-state index contributed by atoms with van der Waals surface area (Å²) in [6.07, 6.45) is 4.68. The summed E-state index contributed by atoms with van der Waals surface area (Å²) in [6.45, 7) is 6.23. The Labute approximate surface area is 158 Å². The molecule has 4 nitrogen and oxygen atoms in total. The molecule has 0 radical (unpaired) electrons. The highest BCUT2D eigenvalue weighted by Crippen LogP contribution is 2.15. The Kier molecular flexibility index (Phi) is 11.9. The summed E-state index contributed by atoms with van der Waals surface area (Å²) >= 11 is 0. The van der Waals surface area contributed by atoms with E-state index < -0.39 is 0 Å². The fraction of sp³-hybridized carbons (Fsp3) is 0.611. The highest BCUT2D eigenvalue weighted by Gasteiger charge is 2.14.